The first-order valence-corrected chi connectivity index (χ1v) is 34.3. The van der Waals surface area contributed by atoms with Crippen molar-refractivity contribution in [3.8, 4) is 0 Å². The molecule has 2 atom stereocenters. The molecule has 0 aromatic rings. The molecule has 0 bridgehead atoms. The topological polar surface area (TPSA) is 95.8 Å². The molecule has 0 aliphatic heterocycles. The van der Waals surface area contributed by atoms with Gasteiger partial charge in [0.15, 0.2) is 33.3 Å². The Balaban J connectivity index is 5.58. The fourth-order valence-corrected chi connectivity index (χ4v) is 32.5. The monoisotopic (exact) mass is 702 g/mol. The molecule has 0 saturated carbocycles. The first kappa shape index (κ1) is 43.0. The zero-order valence-corrected chi connectivity index (χ0v) is 36.7. The van der Waals surface area contributed by atoms with Gasteiger partial charge < -0.3 is 36.1 Å². The molecule has 0 heterocycles. The molecule has 14 heteroatoms. The summed E-state index contributed by atoms with van der Waals surface area (Å²) in [6.07, 6.45) is -1.29. The highest BCUT2D eigenvalue weighted by Gasteiger charge is 2.46. The Bertz CT molecular complexity index is 702. The quantitative estimate of drug-likeness (QED) is 0.120. The van der Waals surface area contributed by atoms with Crippen LogP contribution >= 0.6 is 0 Å². The van der Waals surface area contributed by atoms with Gasteiger partial charge >= 0.3 is 17.1 Å². The zero-order chi connectivity index (χ0) is 33.6. The Morgan fingerprint density at radius 3 is 0.833 bits per heavy atom. The molecule has 0 aliphatic rings. The van der Waals surface area contributed by atoms with Crippen LogP contribution in [0.1, 0.15) is 27.7 Å². The lowest BCUT2D eigenvalue weighted by Crippen LogP contribution is -2.55. The number of rotatable bonds is 21. The van der Waals surface area contributed by atoms with E-state index in [1.165, 1.54) is 0 Å². The Morgan fingerprint density at radius 2 is 0.667 bits per heavy atom. The molecule has 0 aromatic carbocycles. The van der Waals surface area contributed by atoms with E-state index in [2.05, 4.69) is 119 Å². The van der Waals surface area contributed by atoms with E-state index in [-0.39, 0.29) is 24.0 Å². The lowest BCUT2D eigenvalue weighted by atomic mass is 9.97. The zero-order valence-electron chi connectivity index (χ0n) is 30.7. The minimum Gasteiger partial charge on any atom is -0.437 e. The standard InChI is InChI=1S/C28H70O8Si6/c1-27(2,23-41(17,33-37(5,6)7)34-38(8,9)10)21-31-25(19-29)26(20-30)32-22-28(3,4)24-42(18,35-39(11,12)13)36-40(14,15)16/h25-26,29-30H,19-24H2,1-18H3/t25-,26+. The first-order valence-electron chi connectivity index (χ1n) is 15.6. The highest BCUT2D eigenvalue weighted by atomic mass is 28.5. The van der Waals surface area contributed by atoms with Crippen molar-refractivity contribution in [2.45, 2.75) is 144 Å². The minimum absolute atomic E-state index is 0.239. The Labute approximate surface area is 266 Å². The largest absolute Gasteiger partial charge is 0.437 e. The molecule has 0 fully saturated rings. The lowest BCUT2D eigenvalue weighted by Gasteiger charge is -2.43. The van der Waals surface area contributed by atoms with E-state index < -0.39 is 62.6 Å². The van der Waals surface area contributed by atoms with Gasteiger partial charge in [0.2, 0.25) is 0 Å². The summed E-state index contributed by atoms with van der Waals surface area (Å²) >= 11 is 0. The summed E-state index contributed by atoms with van der Waals surface area (Å²) in [7, 11) is -12.3. The molecule has 2 N–H and O–H groups in total. The summed E-state index contributed by atoms with van der Waals surface area (Å²) < 4.78 is 39.5. The van der Waals surface area contributed by atoms with Crippen LogP contribution in [-0.2, 0) is 25.9 Å². The molecular weight excluding hydrogens is 633 g/mol. The molecule has 0 aromatic heterocycles. The van der Waals surface area contributed by atoms with E-state index in [1.54, 1.807) is 0 Å². The van der Waals surface area contributed by atoms with Crippen LogP contribution in [0.5, 0.6) is 0 Å². The average molecular weight is 703 g/mol. The van der Waals surface area contributed by atoms with Crippen LogP contribution in [0, 0.1) is 10.8 Å². The molecule has 8 nitrogen and oxygen atoms in total. The van der Waals surface area contributed by atoms with Gasteiger partial charge in [-0.2, -0.15) is 0 Å². The van der Waals surface area contributed by atoms with Crippen molar-refractivity contribution in [3.05, 3.63) is 0 Å². The summed E-state index contributed by atoms with van der Waals surface area (Å²) in [6, 6.07) is 1.56. The number of aliphatic hydroxyl groups is 2. The second-order valence-corrected chi connectivity index (χ2v) is 43.3. The third-order valence-electron chi connectivity index (χ3n) is 5.84. The maximum Gasteiger partial charge on any atom is 0.315 e. The summed E-state index contributed by atoms with van der Waals surface area (Å²) in [5, 5.41) is 20.5. The van der Waals surface area contributed by atoms with Crippen LogP contribution in [0.25, 0.3) is 0 Å². The smallest absolute Gasteiger partial charge is 0.315 e. The average Bonchev–Trinajstić information content (AvgIpc) is 2.62. The molecule has 0 spiro atoms. The molecule has 0 aliphatic carbocycles. The van der Waals surface area contributed by atoms with Crippen molar-refractivity contribution in [3.63, 3.8) is 0 Å². The molecule has 0 unspecified atom stereocenters. The van der Waals surface area contributed by atoms with E-state index in [0.717, 1.165) is 12.1 Å². The Morgan fingerprint density at radius 1 is 0.452 bits per heavy atom. The van der Waals surface area contributed by atoms with E-state index in [4.69, 9.17) is 25.9 Å². The van der Waals surface area contributed by atoms with E-state index in [0.29, 0.717) is 13.2 Å². The van der Waals surface area contributed by atoms with E-state index >= 15 is 0 Å². The molecular formula is C28H70O8Si6. The van der Waals surface area contributed by atoms with Crippen LogP contribution in [-0.4, -0.2) is 99.2 Å². The van der Waals surface area contributed by atoms with Crippen LogP contribution in [0.4, 0.5) is 0 Å². The van der Waals surface area contributed by atoms with Crippen molar-refractivity contribution in [2.75, 3.05) is 26.4 Å². The van der Waals surface area contributed by atoms with Gasteiger partial charge in [-0.1, -0.05) is 27.7 Å². The lowest BCUT2D eigenvalue weighted by molar-refractivity contribution is -0.131. The number of hydrogen-bond acceptors (Lipinski definition) is 8. The van der Waals surface area contributed by atoms with Crippen LogP contribution in [0.3, 0.4) is 0 Å². The van der Waals surface area contributed by atoms with Crippen molar-refractivity contribution in [2.24, 2.45) is 10.8 Å². The Hall–Kier alpha value is 0.981. The van der Waals surface area contributed by atoms with Crippen LogP contribution in [0.15, 0.2) is 0 Å². The summed E-state index contributed by atoms with van der Waals surface area (Å²) in [5.41, 5.74) is -0.495. The molecule has 0 saturated heterocycles. The maximum absolute atomic E-state index is 10.3. The van der Waals surface area contributed by atoms with Gasteiger partial charge in [-0.05, 0) is 115 Å². The highest BCUT2D eigenvalue weighted by Crippen LogP contribution is 2.36. The fraction of sp³-hybridized carbons (Fsp3) is 1.00. The van der Waals surface area contributed by atoms with Gasteiger partial charge in [0.05, 0.1) is 26.4 Å². The van der Waals surface area contributed by atoms with Crippen LogP contribution < -0.4 is 0 Å². The normalized spacial score (nSPS) is 16.6. The maximum atomic E-state index is 10.3. The predicted molar refractivity (Wildman–Crippen MR) is 192 cm³/mol. The first-order chi connectivity index (χ1) is 18.3. The third kappa shape index (κ3) is 20.2. The second kappa shape index (κ2) is 15.7. The van der Waals surface area contributed by atoms with Gasteiger partial charge in [0, 0.05) is 0 Å². The van der Waals surface area contributed by atoms with Crippen molar-refractivity contribution < 1.29 is 36.1 Å². The molecule has 42 heavy (non-hydrogen) atoms. The molecule has 0 rings (SSSR count). The summed E-state index contributed by atoms with van der Waals surface area (Å²) in [4.78, 5) is 0. The minimum atomic E-state index is -2.48. The van der Waals surface area contributed by atoms with E-state index in [1.807, 2.05) is 0 Å². The van der Waals surface area contributed by atoms with Gasteiger partial charge in [-0.25, -0.2) is 0 Å². The van der Waals surface area contributed by atoms with E-state index in [9.17, 15) is 10.2 Å². The van der Waals surface area contributed by atoms with Crippen molar-refractivity contribution >= 4 is 50.4 Å². The molecule has 0 radical (unpaired) electrons. The fourth-order valence-electron chi connectivity index (χ4n) is 5.84. The molecule has 254 valence electrons. The van der Waals surface area contributed by atoms with Crippen molar-refractivity contribution in [1.29, 1.82) is 0 Å². The Kier molecular flexibility index (Phi) is 16.1. The molecule has 0 amide bonds. The van der Waals surface area contributed by atoms with Gasteiger partial charge in [0.1, 0.15) is 12.2 Å². The summed E-state index contributed by atoms with van der Waals surface area (Å²) in [5.74, 6) is 0. The van der Waals surface area contributed by atoms with Gasteiger partial charge in [-0.15, -0.1) is 0 Å². The number of ether oxygens (including phenoxy) is 2. The number of aliphatic hydroxyl groups excluding tert-OH is 2. The predicted octanol–water partition coefficient (Wildman–Crippen LogP) is 7.34. The SMILES string of the molecule is CC(C)(CO[C@@H](CO)[C@@H](CO)OCC(C)(C)C[Si](C)(O[Si](C)(C)C)O[Si](C)(C)C)C[Si](C)(O[Si](C)(C)C)O[Si](C)(C)C. The number of hydrogen-bond donors (Lipinski definition) is 2. The summed E-state index contributed by atoms with van der Waals surface area (Å²) in [6.45, 7) is 39.8. The third-order valence-corrected chi connectivity index (χ3v) is 25.7. The van der Waals surface area contributed by atoms with Gasteiger partial charge in [-0.3, -0.25) is 0 Å². The highest BCUT2D eigenvalue weighted by molar-refractivity contribution is 6.88. The van der Waals surface area contributed by atoms with Crippen molar-refractivity contribution in [1.82, 2.24) is 0 Å². The van der Waals surface area contributed by atoms with Crippen LogP contribution in [0.2, 0.25) is 104 Å². The van der Waals surface area contributed by atoms with Gasteiger partial charge in [0.25, 0.3) is 0 Å². The second-order valence-electron chi connectivity index (χ2n) is 17.9.